The molecular formula is C6H7N3. The summed E-state index contributed by atoms with van der Waals surface area (Å²) in [4.78, 5) is 4.10. The summed E-state index contributed by atoms with van der Waals surface area (Å²) in [6.07, 6.45) is 7.65. The Bertz CT molecular complexity index is 202. The van der Waals surface area contributed by atoms with Crippen molar-refractivity contribution in [1.29, 1.82) is 0 Å². The van der Waals surface area contributed by atoms with Crippen molar-refractivity contribution in [1.82, 2.24) is 10.4 Å². The molecule has 3 heteroatoms. The molecular weight excluding hydrogens is 114 g/mol. The normalized spacial score (nSPS) is 21.3. The van der Waals surface area contributed by atoms with Gasteiger partial charge in [-0.15, -0.1) is 0 Å². The highest BCUT2D eigenvalue weighted by Crippen LogP contribution is 2.02. The number of fused-ring (bicyclic) bond motifs is 1. The Morgan fingerprint density at radius 1 is 1.67 bits per heavy atom. The second-order valence-electron chi connectivity index (χ2n) is 1.95. The van der Waals surface area contributed by atoms with Crippen molar-refractivity contribution >= 4 is 5.84 Å². The molecule has 0 bridgehead atoms. The van der Waals surface area contributed by atoms with Gasteiger partial charge in [0.05, 0.1) is 6.54 Å². The van der Waals surface area contributed by atoms with Crippen LogP contribution in [0.15, 0.2) is 29.5 Å². The molecule has 0 unspecified atom stereocenters. The summed E-state index contributed by atoms with van der Waals surface area (Å²) < 4.78 is 0. The van der Waals surface area contributed by atoms with Crippen molar-refractivity contribution in [2.45, 2.75) is 0 Å². The van der Waals surface area contributed by atoms with Gasteiger partial charge in [0, 0.05) is 12.4 Å². The first-order chi connectivity index (χ1) is 4.47. The minimum absolute atomic E-state index is 0.909. The molecule has 0 spiro atoms. The molecule has 2 heterocycles. The monoisotopic (exact) mass is 121 g/mol. The number of aliphatic imine (C=N–C) groups is 1. The van der Waals surface area contributed by atoms with E-state index in [9.17, 15) is 0 Å². The number of rotatable bonds is 0. The summed E-state index contributed by atoms with van der Waals surface area (Å²) in [6, 6.07) is 0. The molecule has 46 valence electrons. The van der Waals surface area contributed by atoms with Gasteiger partial charge < -0.3 is 5.43 Å². The summed E-state index contributed by atoms with van der Waals surface area (Å²) in [7, 11) is 0. The van der Waals surface area contributed by atoms with Gasteiger partial charge in [-0.3, -0.25) is 5.01 Å². The van der Waals surface area contributed by atoms with Gasteiger partial charge in [0.2, 0.25) is 0 Å². The van der Waals surface area contributed by atoms with Gasteiger partial charge in [0.25, 0.3) is 0 Å². The number of nitrogens with one attached hydrogen (secondary N) is 1. The highest BCUT2D eigenvalue weighted by molar-refractivity contribution is 5.95. The van der Waals surface area contributed by atoms with E-state index in [2.05, 4.69) is 10.4 Å². The Kier molecular flexibility index (Phi) is 0.828. The number of hydrogen-bond donors (Lipinski definition) is 1. The molecule has 2 aliphatic rings. The maximum Gasteiger partial charge on any atom is 0.148 e. The molecule has 0 amide bonds. The number of hydrogen-bond acceptors (Lipinski definition) is 3. The van der Waals surface area contributed by atoms with E-state index in [1.54, 1.807) is 0 Å². The number of nitrogens with zero attached hydrogens (tertiary/aromatic N) is 2. The minimum Gasteiger partial charge on any atom is -0.304 e. The predicted octanol–water partition coefficient (Wildman–Crippen LogP) is 0.246. The molecule has 0 saturated heterocycles. The lowest BCUT2D eigenvalue weighted by Gasteiger charge is -2.18. The van der Waals surface area contributed by atoms with E-state index >= 15 is 0 Å². The second-order valence-corrected chi connectivity index (χ2v) is 1.95. The topological polar surface area (TPSA) is 27.6 Å². The lowest BCUT2D eigenvalue weighted by Crippen LogP contribution is -2.35. The Morgan fingerprint density at radius 2 is 2.67 bits per heavy atom. The zero-order valence-electron chi connectivity index (χ0n) is 4.91. The molecule has 0 aromatic heterocycles. The Labute approximate surface area is 53.3 Å². The van der Waals surface area contributed by atoms with E-state index in [0.29, 0.717) is 0 Å². The minimum atomic E-state index is 0.909. The van der Waals surface area contributed by atoms with Crippen LogP contribution in [0.1, 0.15) is 0 Å². The highest BCUT2D eigenvalue weighted by atomic mass is 15.5. The van der Waals surface area contributed by atoms with E-state index < -0.39 is 0 Å². The van der Waals surface area contributed by atoms with Gasteiger partial charge in [-0.25, -0.2) is 4.99 Å². The van der Waals surface area contributed by atoms with Gasteiger partial charge in [-0.2, -0.15) is 0 Å². The third-order valence-electron chi connectivity index (χ3n) is 1.34. The fourth-order valence-electron chi connectivity index (χ4n) is 0.898. The first kappa shape index (κ1) is 4.61. The quantitative estimate of drug-likeness (QED) is 0.497. The van der Waals surface area contributed by atoms with Crippen molar-refractivity contribution in [2.24, 2.45) is 4.99 Å². The van der Waals surface area contributed by atoms with Gasteiger partial charge in [-0.1, -0.05) is 0 Å². The van der Waals surface area contributed by atoms with Crippen LogP contribution in [0, 0.1) is 0 Å². The van der Waals surface area contributed by atoms with Crippen molar-refractivity contribution < 1.29 is 0 Å². The summed E-state index contributed by atoms with van der Waals surface area (Å²) >= 11 is 0. The first-order valence-corrected chi connectivity index (χ1v) is 2.90. The molecule has 2 aliphatic heterocycles. The van der Waals surface area contributed by atoms with Crippen LogP contribution in [0.4, 0.5) is 0 Å². The van der Waals surface area contributed by atoms with Gasteiger partial charge in [0.1, 0.15) is 5.84 Å². The van der Waals surface area contributed by atoms with Crippen LogP contribution in [0.25, 0.3) is 0 Å². The van der Waals surface area contributed by atoms with Crippen molar-refractivity contribution in [3.63, 3.8) is 0 Å². The van der Waals surface area contributed by atoms with Crippen molar-refractivity contribution in [3.8, 4) is 0 Å². The largest absolute Gasteiger partial charge is 0.304 e. The molecule has 1 N–H and O–H groups in total. The molecule has 0 atom stereocenters. The van der Waals surface area contributed by atoms with Gasteiger partial charge in [-0.05, 0) is 12.2 Å². The molecule has 0 aromatic rings. The van der Waals surface area contributed by atoms with E-state index in [4.69, 9.17) is 0 Å². The van der Waals surface area contributed by atoms with E-state index in [1.165, 1.54) is 0 Å². The molecule has 3 nitrogen and oxygen atoms in total. The van der Waals surface area contributed by atoms with Crippen molar-refractivity contribution in [3.05, 3.63) is 24.6 Å². The van der Waals surface area contributed by atoms with Crippen LogP contribution in [0.5, 0.6) is 0 Å². The summed E-state index contributed by atoms with van der Waals surface area (Å²) in [5, 5.41) is 1.97. The van der Waals surface area contributed by atoms with Gasteiger partial charge >= 0.3 is 0 Å². The zero-order chi connectivity index (χ0) is 6.10. The molecule has 2 rings (SSSR count). The molecule has 0 saturated carbocycles. The van der Waals surface area contributed by atoms with Crippen LogP contribution in [0.2, 0.25) is 0 Å². The molecule has 0 aliphatic carbocycles. The summed E-state index contributed by atoms with van der Waals surface area (Å²) in [6.45, 7) is 0.909. The molecule has 9 heavy (non-hydrogen) atoms. The third kappa shape index (κ3) is 0.614. The maximum atomic E-state index is 4.10. The van der Waals surface area contributed by atoms with Crippen LogP contribution in [0.3, 0.4) is 0 Å². The fourth-order valence-corrected chi connectivity index (χ4v) is 0.898. The summed E-state index contributed by atoms with van der Waals surface area (Å²) in [5.41, 5.74) is 3.03. The first-order valence-electron chi connectivity index (χ1n) is 2.90. The number of hydrazine groups is 1. The zero-order valence-corrected chi connectivity index (χ0v) is 4.91. The second kappa shape index (κ2) is 1.62. The lowest BCUT2D eigenvalue weighted by molar-refractivity contribution is 0.407. The van der Waals surface area contributed by atoms with Crippen LogP contribution < -0.4 is 5.43 Å². The summed E-state index contributed by atoms with van der Waals surface area (Å²) in [5.74, 6) is 0.998. The third-order valence-corrected chi connectivity index (χ3v) is 1.34. The molecule has 0 aromatic carbocycles. The Hall–Kier alpha value is -1.25. The standard InChI is InChI=1S/C6H7N3/c1-3-7-6-2-4-8-9(6)5-1/h1-4,8H,5H2. The average Bonchev–Trinajstić information content (AvgIpc) is 2.33. The number of amidine groups is 1. The SMILES string of the molecule is C1=CN=C2C=CNN2C1. The van der Waals surface area contributed by atoms with E-state index in [1.807, 2.05) is 29.6 Å². The Morgan fingerprint density at radius 3 is 3.56 bits per heavy atom. The highest BCUT2D eigenvalue weighted by Gasteiger charge is 2.11. The Balaban J connectivity index is 2.31. The maximum absolute atomic E-state index is 4.10. The fraction of sp³-hybridized carbons (Fsp3) is 0.167. The lowest BCUT2D eigenvalue weighted by atomic mass is 10.4. The predicted molar refractivity (Wildman–Crippen MR) is 35.6 cm³/mol. The van der Waals surface area contributed by atoms with Crippen LogP contribution in [-0.4, -0.2) is 17.4 Å². The van der Waals surface area contributed by atoms with Crippen LogP contribution in [-0.2, 0) is 0 Å². The van der Waals surface area contributed by atoms with E-state index in [-0.39, 0.29) is 0 Å². The smallest absolute Gasteiger partial charge is 0.148 e. The van der Waals surface area contributed by atoms with Crippen molar-refractivity contribution in [2.75, 3.05) is 6.54 Å². The van der Waals surface area contributed by atoms with Gasteiger partial charge in [0.15, 0.2) is 0 Å². The molecule has 0 radical (unpaired) electrons. The molecule has 0 fully saturated rings. The van der Waals surface area contributed by atoms with Crippen LogP contribution >= 0.6 is 0 Å². The average molecular weight is 121 g/mol. The van der Waals surface area contributed by atoms with E-state index in [0.717, 1.165) is 12.4 Å².